The topological polar surface area (TPSA) is 58.3 Å². The van der Waals surface area contributed by atoms with Gasteiger partial charge in [-0.15, -0.1) is 34.2 Å². The largest absolute Gasteiger partial charge is 0.349 e. The first-order chi connectivity index (χ1) is 14.2. The molecule has 1 aliphatic heterocycles. The van der Waals surface area contributed by atoms with Gasteiger partial charge in [-0.3, -0.25) is 9.56 Å². The maximum atomic E-state index is 13.1. The van der Waals surface area contributed by atoms with Crippen LogP contribution in [-0.4, -0.2) is 45.8 Å². The second-order valence-corrected chi connectivity index (χ2v) is 7.28. The van der Waals surface area contributed by atoms with Crippen LogP contribution in [0.2, 0.25) is 0 Å². The van der Waals surface area contributed by atoms with Crippen molar-refractivity contribution in [1.29, 1.82) is 0 Å². The van der Waals surface area contributed by atoms with Crippen molar-refractivity contribution in [3.8, 4) is 5.69 Å². The van der Waals surface area contributed by atoms with E-state index >= 15 is 0 Å². The zero-order valence-corrected chi connectivity index (χ0v) is 19.2. The Kier molecular flexibility index (Phi) is 7.78. The predicted molar refractivity (Wildman–Crippen MR) is 127 cm³/mol. The second kappa shape index (κ2) is 10.5. The van der Waals surface area contributed by atoms with Crippen LogP contribution in [0, 0.1) is 11.7 Å². The third-order valence-corrected chi connectivity index (χ3v) is 5.29. The van der Waals surface area contributed by atoms with E-state index < -0.39 is 0 Å². The second-order valence-electron chi connectivity index (χ2n) is 7.28. The minimum absolute atomic E-state index is 0. The summed E-state index contributed by atoms with van der Waals surface area (Å²) in [5, 5.41) is 11.7. The summed E-state index contributed by atoms with van der Waals surface area (Å²) < 4.78 is 15.1. The van der Waals surface area contributed by atoms with Crippen molar-refractivity contribution in [2.75, 3.05) is 20.1 Å². The highest BCUT2D eigenvalue weighted by atomic mass is 127. The molecule has 0 bridgehead atoms. The Labute approximate surface area is 193 Å². The normalized spacial score (nSPS) is 16.4. The number of nitrogens with one attached hydrogen (secondary N) is 1. The third-order valence-electron chi connectivity index (χ3n) is 5.29. The molecule has 1 unspecified atom stereocenters. The molecule has 2 aromatic carbocycles. The fourth-order valence-electron chi connectivity index (χ4n) is 3.82. The van der Waals surface area contributed by atoms with Gasteiger partial charge in [-0.25, -0.2) is 4.39 Å². The van der Waals surface area contributed by atoms with Gasteiger partial charge in [0.05, 0.1) is 6.54 Å². The van der Waals surface area contributed by atoms with E-state index in [1.807, 2.05) is 47.0 Å². The number of hydrogen-bond acceptors (Lipinski definition) is 3. The van der Waals surface area contributed by atoms with Crippen molar-refractivity contribution in [3.05, 3.63) is 78.1 Å². The fraction of sp³-hybridized carbons (Fsp3) is 0.318. The number of para-hydroxylation sites is 1. The van der Waals surface area contributed by atoms with E-state index in [-0.39, 0.29) is 29.8 Å². The van der Waals surface area contributed by atoms with E-state index in [0.717, 1.165) is 43.4 Å². The molecule has 0 spiro atoms. The zero-order valence-electron chi connectivity index (χ0n) is 16.9. The molecular weight excluding hydrogens is 494 g/mol. The van der Waals surface area contributed by atoms with Crippen LogP contribution in [-0.2, 0) is 13.0 Å². The third kappa shape index (κ3) is 5.35. The summed E-state index contributed by atoms with van der Waals surface area (Å²) in [5.74, 6) is 2.05. The molecule has 0 saturated carbocycles. The summed E-state index contributed by atoms with van der Waals surface area (Å²) in [7, 11) is 1.80. The molecule has 1 aliphatic rings. The van der Waals surface area contributed by atoms with Crippen LogP contribution in [0.5, 0.6) is 0 Å². The number of guanidine groups is 1. The standard InChI is InChI=1S/C22H25FN6.HI/c1-24-22(25-14-21-27-26-16-29(21)20-5-3-2-4-6-20)28-12-11-18(15-28)13-17-7-9-19(23)10-8-17;/h2-10,16,18H,11-15H2,1H3,(H,24,25);1H. The molecule has 30 heavy (non-hydrogen) atoms. The first-order valence-electron chi connectivity index (χ1n) is 9.87. The van der Waals surface area contributed by atoms with Gasteiger partial charge in [-0.2, -0.15) is 0 Å². The molecule has 6 nitrogen and oxygen atoms in total. The van der Waals surface area contributed by atoms with Gasteiger partial charge in [-0.05, 0) is 48.6 Å². The molecule has 3 aromatic rings. The minimum atomic E-state index is -0.185. The summed E-state index contributed by atoms with van der Waals surface area (Å²) in [6.07, 6.45) is 3.78. The van der Waals surface area contributed by atoms with Crippen LogP contribution >= 0.6 is 24.0 Å². The van der Waals surface area contributed by atoms with Gasteiger partial charge in [0.15, 0.2) is 11.8 Å². The number of rotatable bonds is 5. The molecule has 1 fully saturated rings. The first-order valence-corrected chi connectivity index (χ1v) is 9.87. The van der Waals surface area contributed by atoms with Gasteiger partial charge in [0.2, 0.25) is 0 Å². The van der Waals surface area contributed by atoms with Crippen LogP contribution < -0.4 is 5.32 Å². The maximum absolute atomic E-state index is 13.1. The lowest BCUT2D eigenvalue weighted by molar-refractivity contribution is 0.458. The molecule has 0 radical (unpaired) electrons. The van der Waals surface area contributed by atoms with Crippen LogP contribution in [0.1, 0.15) is 17.8 Å². The summed E-state index contributed by atoms with van der Waals surface area (Å²) >= 11 is 0. The highest BCUT2D eigenvalue weighted by molar-refractivity contribution is 14.0. The molecule has 2 heterocycles. The average Bonchev–Trinajstić information content (AvgIpc) is 3.41. The van der Waals surface area contributed by atoms with Crippen molar-refractivity contribution in [3.63, 3.8) is 0 Å². The van der Waals surface area contributed by atoms with E-state index in [1.165, 1.54) is 17.7 Å². The van der Waals surface area contributed by atoms with Gasteiger partial charge >= 0.3 is 0 Å². The maximum Gasteiger partial charge on any atom is 0.194 e. The molecule has 0 amide bonds. The average molecular weight is 520 g/mol. The number of nitrogens with zero attached hydrogens (tertiary/aromatic N) is 5. The number of aliphatic imine (C=N–C) groups is 1. The van der Waals surface area contributed by atoms with Gasteiger partial charge in [0.25, 0.3) is 0 Å². The van der Waals surface area contributed by atoms with Gasteiger partial charge in [0.1, 0.15) is 12.1 Å². The lowest BCUT2D eigenvalue weighted by Crippen LogP contribution is -2.40. The molecule has 1 saturated heterocycles. The molecule has 0 aliphatic carbocycles. The van der Waals surface area contributed by atoms with Crippen LogP contribution in [0.4, 0.5) is 4.39 Å². The summed E-state index contributed by atoms with van der Waals surface area (Å²) in [4.78, 5) is 6.72. The van der Waals surface area contributed by atoms with Crippen molar-refractivity contribution in [2.45, 2.75) is 19.4 Å². The molecule has 1 N–H and O–H groups in total. The van der Waals surface area contributed by atoms with E-state index in [9.17, 15) is 4.39 Å². The summed E-state index contributed by atoms with van der Waals surface area (Å²) in [5.41, 5.74) is 2.21. The van der Waals surface area contributed by atoms with Crippen molar-refractivity contribution in [2.24, 2.45) is 10.9 Å². The van der Waals surface area contributed by atoms with Crippen LogP contribution in [0.3, 0.4) is 0 Å². The Bertz CT molecular complexity index is 957. The summed E-state index contributed by atoms with van der Waals surface area (Å²) in [6, 6.07) is 16.9. The molecule has 158 valence electrons. The SMILES string of the molecule is CN=C(NCc1nncn1-c1ccccc1)N1CCC(Cc2ccc(F)cc2)C1.I. The van der Waals surface area contributed by atoms with E-state index in [0.29, 0.717) is 12.5 Å². The Hall–Kier alpha value is -2.49. The monoisotopic (exact) mass is 520 g/mol. The van der Waals surface area contributed by atoms with Crippen LogP contribution in [0.25, 0.3) is 5.69 Å². The highest BCUT2D eigenvalue weighted by Crippen LogP contribution is 2.21. The Morgan fingerprint density at radius 3 is 2.67 bits per heavy atom. The lowest BCUT2D eigenvalue weighted by atomic mass is 9.99. The lowest BCUT2D eigenvalue weighted by Gasteiger charge is -2.21. The smallest absolute Gasteiger partial charge is 0.194 e. The van der Waals surface area contributed by atoms with Gasteiger partial charge < -0.3 is 10.2 Å². The Morgan fingerprint density at radius 1 is 1.17 bits per heavy atom. The molecule has 4 rings (SSSR count). The number of likely N-dealkylation sites (tertiary alicyclic amines) is 1. The number of benzene rings is 2. The minimum Gasteiger partial charge on any atom is -0.349 e. The number of halogens is 2. The van der Waals surface area contributed by atoms with Crippen molar-refractivity contribution < 1.29 is 4.39 Å². The zero-order chi connectivity index (χ0) is 20.1. The number of hydrogen-bond donors (Lipinski definition) is 1. The van der Waals surface area contributed by atoms with Crippen molar-refractivity contribution >= 4 is 29.9 Å². The van der Waals surface area contributed by atoms with Gasteiger partial charge in [-0.1, -0.05) is 30.3 Å². The quantitative estimate of drug-likeness (QED) is 0.317. The molecular formula is C22H26FIN6. The predicted octanol–water partition coefficient (Wildman–Crippen LogP) is 3.66. The molecule has 1 aromatic heterocycles. The summed E-state index contributed by atoms with van der Waals surface area (Å²) in [6.45, 7) is 2.43. The Morgan fingerprint density at radius 2 is 1.93 bits per heavy atom. The highest BCUT2D eigenvalue weighted by Gasteiger charge is 2.25. The van der Waals surface area contributed by atoms with E-state index in [1.54, 1.807) is 13.4 Å². The Balaban J connectivity index is 0.00000256. The molecule has 1 atom stereocenters. The molecule has 8 heteroatoms. The first kappa shape index (κ1) is 22.2. The van der Waals surface area contributed by atoms with E-state index in [4.69, 9.17) is 0 Å². The van der Waals surface area contributed by atoms with Gasteiger partial charge in [0, 0.05) is 25.8 Å². The van der Waals surface area contributed by atoms with E-state index in [2.05, 4.69) is 25.4 Å². The fourth-order valence-corrected chi connectivity index (χ4v) is 3.82. The van der Waals surface area contributed by atoms with Crippen LogP contribution in [0.15, 0.2) is 65.9 Å². The number of aromatic nitrogens is 3. The van der Waals surface area contributed by atoms with Crippen molar-refractivity contribution in [1.82, 2.24) is 25.0 Å².